The van der Waals surface area contributed by atoms with E-state index in [0.717, 1.165) is 0 Å². The average molecular weight is 249 g/mol. The third-order valence-electron chi connectivity index (χ3n) is 2.17. The highest BCUT2D eigenvalue weighted by Gasteiger charge is 2.09. The van der Waals surface area contributed by atoms with Gasteiger partial charge in [0.1, 0.15) is 5.71 Å². The van der Waals surface area contributed by atoms with E-state index >= 15 is 0 Å². The number of Topliss-reactive ketones (excluding diaryl/α,β-unsaturated/α-hetero) is 1. The Hall–Kier alpha value is -2.57. The van der Waals surface area contributed by atoms with Crippen molar-refractivity contribution in [2.45, 2.75) is 13.8 Å². The van der Waals surface area contributed by atoms with E-state index in [1.54, 1.807) is 0 Å². The minimum absolute atomic E-state index is 0.102. The molecule has 0 bridgehead atoms. The smallest absolute Gasteiger partial charge is 0.271 e. The summed E-state index contributed by atoms with van der Waals surface area (Å²) in [7, 11) is 0. The van der Waals surface area contributed by atoms with Crippen molar-refractivity contribution in [1.82, 2.24) is 5.43 Å². The number of ketones is 1. The summed E-state index contributed by atoms with van der Waals surface area (Å²) < 4.78 is 0. The summed E-state index contributed by atoms with van der Waals surface area (Å²) in [6.07, 6.45) is 0. The lowest BCUT2D eigenvalue weighted by molar-refractivity contribution is -0.384. The van der Waals surface area contributed by atoms with Gasteiger partial charge in [-0.1, -0.05) is 0 Å². The largest absolute Gasteiger partial charge is 0.293 e. The molecule has 1 rings (SSSR count). The lowest BCUT2D eigenvalue weighted by Crippen LogP contribution is -2.20. The molecule has 1 amide bonds. The topological polar surface area (TPSA) is 102 Å². The van der Waals surface area contributed by atoms with E-state index in [9.17, 15) is 19.7 Å². The Balaban J connectivity index is 2.76. The molecular formula is C11H11N3O4. The Morgan fingerprint density at radius 2 is 1.78 bits per heavy atom. The third kappa shape index (κ3) is 3.48. The molecule has 0 saturated carbocycles. The van der Waals surface area contributed by atoms with Crippen LogP contribution in [-0.4, -0.2) is 22.3 Å². The maximum Gasteiger partial charge on any atom is 0.271 e. The molecule has 0 aliphatic heterocycles. The van der Waals surface area contributed by atoms with Crippen LogP contribution < -0.4 is 5.43 Å². The molecule has 0 radical (unpaired) electrons. The second-order valence-corrected chi connectivity index (χ2v) is 3.50. The number of nitrogens with one attached hydrogen (secondary N) is 1. The predicted molar refractivity (Wildman–Crippen MR) is 64.4 cm³/mol. The molecular weight excluding hydrogens is 238 g/mol. The van der Waals surface area contributed by atoms with Crippen LogP contribution in [0.25, 0.3) is 0 Å². The Bertz CT molecular complexity index is 520. The fourth-order valence-corrected chi connectivity index (χ4v) is 1.01. The minimum atomic E-state index is -0.556. The Kier molecular flexibility index (Phi) is 4.25. The third-order valence-corrected chi connectivity index (χ3v) is 2.17. The van der Waals surface area contributed by atoms with Gasteiger partial charge in [0.25, 0.3) is 11.6 Å². The molecule has 94 valence electrons. The van der Waals surface area contributed by atoms with Crippen molar-refractivity contribution in [1.29, 1.82) is 0 Å². The van der Waals surface area contributed by atoms with Gasteiger partial charge < -0.3 is 0 Å². The maximum absolute atomic E-state index is 11.6. The number of carbonyl (C=O) groups is 2. The van der Waals surface area contributed by atoms with E-state index in [1.807, 2.05) is 0 Å². The van der Waals surface area contributed by atoms with Gasteiger partial charge >= 0.3 is 0 Å². The highest BCUT2D eigenvalue weighted by molar-refractivity contribution is 6.38. The number of nitro groups is 1. The number of benzene rings is 1. The quantitative estimate of drug-likeness (QED) is 0.493. The van der Waals surface area contributed by atoms with Crippen LogP contribution in [0, 0.1) is 10.1 Å². The van der Waals surface area contributed by atoms with E-state index < -0.39 is 10.8 Å². The molecule has 0 aromatic heterocycles. The Labute approximate surface area is 103 Å². The van der Waals surface area contributed by atoms with Gasteiger partial charge in [0.15, 0.2) is 5.78 Å². The van der Waals surface area contributed by atoms with Crippen LogP contribution in [0.4, 0.5) is 5.69 Å². The van der Waals surface area contributed by atoms with Crippen LogP contribution in [0.5, 0.6) is 0 Å². The summed E-state index contributed by atoms with van der Waals surface area (Å²) in [5.74, 6) is -0.788. The van der Waals surface area contributed by atoms with Crippen LogP contribution >= 0.6 is 0 Å². The van der Waals surface area contributed by atoms with Crippen molar-refractivity contribution < 1.29 is 14.5 Å². The van der Waals surface area contributed by atoms with Crippen LogP contribution in [0.1, 0.15) is 24.2 Å². The Morgan fingerprint density at radius 3 is 2.22 bits per heavy atom. The number of carbonyl (C=O) groups excluding carboxylic acids is 2. The van der Waals surface area contributed by atoms with Crippen LogP contribution in [-0.2, 0) is 4.79 Å². The average Bonchev–Trinajstić information content (AvgIpc) is 2.35. The summed E-state index contributed by atoms with van der Waals surface area (Å²) >= 11 is 0. The van der Waals surface area contributed by atoms with Gasteiger partial charge in [0, 0.05) is 24.6 Å². The standard InChI is InChI=1S/C11H11N3O4/c1-7(8(2)15)12-13-11(16)9-3-5-10(6-4-9)14(17)18/h3-6H,1-2H3,(H,13,16)/b12-7+. The monoisotopic (exact) mass is 249 g/mol. The van der Waals surface area contributed by atoms with Crippen LogP contribution in [0.15, 0.2) is 29.4 Å². The summed E-state index contributed by atoms with van der Waals surface area (Å²) in [4.78, 5) is 32.3. The number of amides is 1. The molecule has 1 N–H and O–H groups in total. The maximum atomic E-state index is 11.6. The number of hydrogen-bond donors (Lipinski definition) is 1. The van der Waals surface area contributed by atoms with Gasteiger partial charge in [0.2, 0.25) is 0 Å². The van der Waals surface area contributed by atoms with Gasteiger partial charge in [-0.15, -0.1) is 0 Å². The number of rotatable bonds is 4. The molecule has 0 aliphatic carbocycles. The zero-order valence-electron chi connectivity index (χ0n) is 9.84. The fourth-order valence-electron chi connectivity index (χ4n) is 1.01. The molecule has 7 nitrogen and oxygen atoms in total. The summed E-state index contributed by atoms with van der Waals surface area (Å²) in [5, 5.41) is 14.0. The number of hydrazone groups is 1. The van der Waals surface area contributed by atoms with Crippen molar-refractivity contribution in [2.75, 3.05) is 0 Å². The second-order valence-electron chi connectivity index (χ2n) is 3.50. The summed E-state index contributed by atoms with van der Waals surface area (Å²) in [6, 6.07) is 5.06. The lowest BCUT2D eigenvalue weighted by Gasteiger charge is -2.00. The van der Waals surface area contributed by atoms with E-state index in [-0.39, 0.29) is 22.7 Å². The first-order valence-corrected chi connectivity index (χ1v) is 5.02. The van der Waals surface area contributed by atoms with Gasteiger partial charge in [-0.25, -0.2) is 5.43 Å². The molecule has 1 aromatic carbocycles. The first kappa shape index (κ1) is 13.5. The van der Waals surface area contributed by atoms with E-state index in [0.29, 0.717) is 0 Å². The van der Waals surface area contributed by atoms with Crippen LogP contribution in [0.2, 0.25) is 0 Å². The highest BCUT2D eigenvalue weighted by Crippen LogP contribution is 2.11. The molecule has 0 aliphatic rings. The number of nitro benzene ring substituents is 1. The normalized spacial score (nSPS) is 10.9. The van der Waals surface area contributed by atoms with E-state index in [1.165, 1.54) is 38.1 Å². The molecule has 0 saturated heterocycles. The van der Waals surface area contributed by atoms with Gasteiger partial charge in [-0.2, -0.15) is 5.10 Å². The molecule has 0 fully saturated rings. The predicted octanol–water partition coefficient (Wildman–Crippen LogP) is 1.29. The zero-order valence-corrected chi connectivity index (χ0v) is 9.84. The molecule has 0 unspecified atom stereocenters. The van der Waals surface area contributed by atoms with Gasteiger partial charge in [0.05, 0.1) is 4.92 Å². The van der Waals surface area contributed by atoms with Crippen molar-refractivity contribution in [3.05, 3.63) is 39.9 Å². The van der Waals surface area contributed by atoms with Gasteiger partial charge in [-0.05, 0) is 19.1 Å². The molecule has 1 aromatic rings. The summed E-state index contributed by atoms with van der Waals surface area (Å²) in [6.45, 7) is 2.80. The SMILES string of the molecule is CC(=O)/C(C)=N/NC(=O)c1ccc([N+](=O)[O-])cc1. The molecule has 7 heteroatoms. The first-order chi connectivity index (χ1) is 8.41. The van der Waals surface area contributed by atoms with Crippen molar-refractivity contribution in [3.63, 3.8) is 0 Å². The molecule has 18 heavy (non-hydrogen) atoms. The number of non-ortho nitro benzene ring substituents is 1. The minimum Gasteiger partial charge on any atom is -0.293 e. The first-order valence-electron chi connectivity index (χ1n) is 5.02. The highest BCUT2D eigenvalue weighted by atomic mass is 16.6. The lowest BCUT2D eigenvalue weighted by atomic mass is 10.2. The van der Waals surface area contributed by atoms with E-state index in [2.05, 4.69) is 10.5 Å². The molecule has 0 atom stereocenters. The second kappa shape index (κ2) is 5.67. The number of nitrogens with zero attached hydrogens (tertiary/aromatic N) is 2. The molecule has 0 spiro atoms. The van der Waals surface area contributed by atoms with Gasteiger partial charge in [-0.3, -0.25) is 19.7 Å². The summed E-state index contributed by atoms with van der Waals surface area (Å²) in [5.41, 5.74) is 2.48. The zero-order chi connectivity index (χ0) is 13.7. The Morgan fingerprint density at radius 1 is 1.22 bits per heavy atom. The van der Waals surface area contributed by atoms with Crippen molar-refractivity contribution in [3.8, 4) is 0 Å². The number of hydrogen-bond acceptors (Lipinski definition) is 5. The van der Waals surface area contributed by atoms with E-state index in [4.69, 9.17) is 0 Å². The van der Waals surface area contributed by atoms with Crippen molar-refractivity contribution in [2.24, 2.45) is 5.10 Å². The van der Waals surface area contributed by atoms with Crippen molar-refractivity contribution >= 4 is 23.1 Å². The fraction of sp³-hybridized carbons (Fsp3) is 0.182. The molecule has 0 heterocycles. The van der Waals surface area contributed by atoms with Crippen LogP contribution in [0.3, 0.4) is 0 Å².